The van der Waals surface area contributed by atoms with Gasteiger partial charge >= 0.3 is 6.09 Å². The zero-order valence-electron chi connectivity index (χ0n) is 44.1. The van der Waals surface area contributed by atoms with Crippen molar-refractivity contribution in [1.29, 1.82) is 0 Å². The maximum Gasteiger partial charge on any atom is 0.410 e. The van der Waals surface area contributed by atoms with Crippen molar-refractivity contribution >= 4 is 68.0 Å². The van der Waals surface area contributed by atoms with Crippen molar-refractivity contribution in [3.05, 3.63) is 129 Å². The fourth-order valence-electron chi connectivity index (χ4n) is 10.8. The summed E-state index contributed by atoms with van der Waals surface area (Å²) >= 11 is 8.01. The largest absolute Gasteiger partial charge is 0.444 e. The molecule has 3 heterocycles. The molecule has 0 radical (unpaired) electrons. The van der Waals surface area contributed by atoms with Crippen LogP contribution in [0, 0.1) is 15.5 Å². The highest BCUT2D eigenvalue weighted by Gasteiger charge is 2.36. The average Bonchev–Trinajstić information content (AvgIpc) is 3.67. The molecule has 1 aliphatic carbocycles. The Balaban J connectivity index is 0.865. The van der Waals surface area contributed by atoms with E-state index in [0.29, 0.717) is 18.8 Å². The van der Waals surface area contributed by atoms with Crippen molar-refractivity contribution in [3.8, 4) is 0 Å². The Labute approximate surface area is 453 Å². The number of amides is 2. The Morgan fingerprint density at radius 3 is 2.15 bits per heavy atom. The van der Waals surface area contributed by atoms with E-state index in [1.807, 2.05) is 80.3 Å². The summed E-state index contributed by atoms with van der Waals surface area (Å²) in [7, 11) is -4.47. The summed E-state index contributed by atoms with van der Waals surface area (Å²) in [6.07, 6.45) is 8.32. The lowest BCUT2D eigenvalue weighted by Gasteiger charge is -2.44. The van der Waals surface area contributed by atoms with Gasteiger partial charge in [-0.05, 0) is 150 Å². The second-order valence-corrected chi connectivity index (χ2v) is 25.2. The van der Waals surface area contributed by atoms with Gasteiger partial charge in [-0.3, -0.25) is 24.7 Å². The first-order valence-corrected chi connectivity index (χ1v) is 29.5. The van der Waals surface area contributed by atoms with Crippen molar-refractivity contribution in [1.82, 2.24) is 24.3 Å². The van der Waals surface area contributed by atoms with Crippen LogP contribution in [0.3, 0.4) is 0 Å². The molecule has 0 saturated carbocycles. The van der Waals surface area contributed by atoms with E-state index >= 15 is 0 Å². The van der Waals surface area contributed by atoms with Crippen LogP contribution in [0.5, 0.6) is 0 Å². The molecular formula is C57H75ClN8O7S2. The molecule has 4 aromatic carbocycles. The van der Waals surface area contributed by atoms with E-state index in [1.54, 1.807) is 23.9 Å². The van der Waals surface area contributed by atoms with Crippen molar-refractivity contribution in [2.24, 2.45) is 5.41 Å². The van der Waals surface area contributed by atoms with Gasteiger partial charge in [0.2, 0.25) is 0 Å². The highest BCUT2D eigenvalue weighted by molar-refractivity contribution is 7.99. The van der Waals surface area contributed by atoms with Gasteiger partial charge in [0, 0.05) is 111 Å². The predicted molar refractivity (Wildman–Crippen MR) is 302 cm³/mol. The number of piperazine rings is 2. The Hall–Kier alpha value is -5.17. The smallest absolute Gasteiger partial charge is 0.410 e. The van der Waals surface area contributed by atoms with Gasteiger partial charge in [0.05, 0.1) is 9.82 Å². The van der Waals surface area contributed by atoms with Gasteiger partial charge < -0.3 is 24.8 Å². The van der Waals surface area contributed by atoms with Gasteiger partial charge in [-0.1, -0.05) is 67.3 Å². The predicted octanol–water partition coefficient (Wildman–Crippen LogP) is 10.5. The third-order valence-electron chi connectivity index (χ3n) is 14.9. The Bertz CT molecular complexity index is 2720. The fourth-order valence-corrected chi connectivity index (χ4v) is 12.9. The minimum atomic E-state index is -4.47. The second kappa shape index (κ2) is 25.3. The van der Waals surface area contributed by atoms with Crippen molar-refractivity contribution in [3.63, 3.8) is 0 Å². The Morgan fingerprint density at radius 1 is 0.827 bits per heavy atom. The van der Waals surface area contributed by atoms with Crippen LogP contribution in [0.15, 0.2) is 112 Å². The number of hydrogen-bond donors (Lipinski definition) is 2. The molecule has 0 spiro atoms. The molecule has 2 atom stereocenters. The van der Waals surface area contributed by atoms with Crippen LogP contribution in [-0.2, 0) is 14.8 Å². The number of hydrogen-bond acceptors (Lipinski definition) is 13. The van der Waals surface area contributed by atoms with Crippen LogP contribution in [0.1, 0.15) is 95.0 Å². The molecule has 404 valence electrons. The molecule has 15 nitrogen and oxygen atoms in total. The van der Waals surface area contributed by atoms with Gasteiger partial charge in [0.15, 0.2) is 0 Å². The number of anilines is 2. The zero-order chi connectivity index (χ0) is 53.2. The number of carbonyl (C=O) groups is 2. The zero-order valence-corrected chi connectivity index (χ0v) is 46.5. The summed E-state index contributed by atoms with van der Waals surface area (Å²) < 4.78 is 35.1. The van der Waals surface area contributed by atoms with Gasteiger partial charge in [0.1, 0.15) is 11.3 Å². The highest BCUT2D eigenvalue weighted by Crippen LogP contribution is 2.44. The summed E-state index contributed by atoms with van der Waals surface area (Å²) in [5.41, 5.74) is 4.57. The number of benzene rings is 4. The number of rotatable bonds is 18. The minimum absolute atomic E-state index is 0.0760. The molecule has 4 aliphatic rings. The van der Waals surface area contributed by atoms with E-state index in [4.69, 9.17) is 16.3 Å². The van der Waals surface area contributed by atoms with E-state index in [9.17, 15) is 28.1 Å². The summed E-state index contributed by atoms with van der Waals surface area (Å²) in [5, 5.41) is 16.6. The number of halogens is 1. The molecule has 4 aromatic rings. The number of ether oxygens (including phenoxy) is 1. The first-order chi connectivity index (χ1) is 35.9. The third kappa shape index (κ3) is 15.9. The standard InChI is InChI=1S/C57H75ClN8O7S2/c1-56(2,3)73-55(68)65-36-32-63(33-37-65)42-57(4)26-24-51(43-14-18-46(58)19-15-43)45(39-57)40-62-30-34-64(35-31-62)48-20-16-44(17-21-48)54(67)60-75(71,72)50-22-23-52(53(38-50)66(69)70)59-47(41-74-49-12-8-7-9-13-49)25-29-61-27-10-5-6-11-28-61/h7-9,12-23,38,47,59H,5-6,10-11,24-37,39-42H2,1-4H3,(H,60,67)/t47?,57-/m1/s1. The maximum absolute atomic E-state index is 13.7. The molecule has 3 fully saturated rings. The minimum Gasteiger partial charge on any atom is -0.444 e. The normalized spacial score (nSPS) is 20.1. The second-order valence-electron chi connectivity index (χ2n) is 22.0. The topological polar surface area (TPSA) is 161 Å². The monoisotopic (exact) mass is 1080 g/mol. The Morgan fingerprint density at radius 2 is 1.49 bits per heavy atom. The number of likely N-dealkylation sites (tertiary alicyclic amines) is 1. The highest BCUT2D eigenvalue weighted by atomic mass is 35.5. The lowest BCUT2D eigenvalue weighted by molar-refractivity contribution is -0.384. The lowest BCUT2D eigenvalue weighted by Crippen LogP contribution is -2.52. The molecular weight excluding hydrogens is 1010 g/mol. The van der Waals surface area contributed by atoms with E-state index in [-0.39, 0.29) is 39.4 Å². The molecule has 3 saturated heterocycles. The van der Waals surface area contributed by atoms with Gasteiger partial charge in [-0.25, -0.2) is 17.9 Å². The van der Waals surface area contributed by atoms with Crippen LogP contribution in [0.2, 0.25) is 5.02 Å². The molecule has 0 bridgehead atoms. The number of nitrogens with zero attached hydrogens (tertiary/aromatic N) is 6. The number of allylic oxidation sites excluding steroid dienone is 1. The van der Waals surface area contributed by atoms with Gasteiger partial charge in [-0.2, -0.15) is 0 Å². The first-order valence-electron chi connectivity index (χ1n) is 26.7. The summed E-state index contributed by atoms with van der Waals surface area (Å²) in [6, 6.07) is 28.8. The molecule has 18 heteroatoms. The maximum atomic E-state index is 13.7. The van der Waals surface area contributed by atoms with Gasteiger partial charge in [0.25, 0.3) is 21.6 Å². The number of carbonyl (C=O) groups excluding carboxylic acids is 2. The quantitative estimate of drug-likeness (QED) is 0.0551. The molecule has 2 N–H and O–H groups in total. The fraction of sp³-hybridized carbons (Fsp3) is 0.509. The van der Waals surface area contributed by atoms with E-state index in [2.05, 4.69) is 48.7 Å². The van der Waals surface area contributed by atoms with Gasteiger partial charge in [-0.15, -0.1) is 11.8 Å². The lowest BCUT2D eigenvalue weighted by atomic mass is 9.71. The molecule has 75 heavy (non-hydrogen) atoms. The third-order valence-corrected chi connectivity index (χ3v) is 17.7. The van der Waals surface area contributed by atoms with E-state index in [0.717, 1.165) is 132 Å². The molecule has 2 amide bonds. The number of sulfonamides is 1. The van der Waals surface area contributed by atoms with Crippen LogP contribution in [-0.4, -0.2) is 147 Å². The van der Waals surface area contributed by atoms with Crippen LogP contribution >= 0.6 is 23.4 Å². The van der Waals surface area contributed by atoms with E-state index < -0.39 is 26.5 Å². The van der Waals surface area contributed by atoms with Crippen molar-refractivity contribution in [2.45, 2.75) is 100 Å². The summed E-state index contributed by atoms with van der Waals surface area (Å²) in [6.45, 7) is 19.0. The van der Waals surface area contributed by atoms with Crippen LogP contribution in [0.4, 0.5) is 21.9 Å². The molecule has 3 aliphatic heterocycles. The average molecular weight is 1080 g/mol. The van der Waals surface area contributed by atoms with Crippen molar-refractivity contribution < 1.29 is 27.7 Å². The van der Waals surface area contributed by atoms with Crippen molar-refractivity contribution in [2.75, 3.05) is 101 Å². The van der Waals surface area contributed by atoms with E-state index in [1.165, 1.54) is 41.7 Å². The SMILES string of the molecule is CC(C)(C)OC(=O)N1CCN(C[C@]2(C)CCC(c3ccc(Cl)cc3)=C(CN3CCN(c4ccc(C(=O)NS(=O)(=O)c5ccc(NC(CCN6CCCCCC6)CSc6ccccc6)c([N+](=O)[O-])c5)cc4)CC3)C2)CC1. The molecule has 1 unspecified atom stereocenters. The summed E-state index contributed by atoms with van der Waals surface area (Å²) in [5.74, 6) is -0.165. The number of nitro benzene ring substituents is 1. The van der Waals surface area contributed by atoms with Crippen LogP contribution < -0.4 is 14.9 Å². The Kier molecular flexibility index (Phi) is 18.9. The number of nitrogens with one attached hydrogen (secondary N) is 2. The number of thioether (sulfide) groups is 1. The summed E-state index contributed by atoms with van der Waals surface area (Å²) in [4.78, 5) is 50.5. The number of nitro groups is 1. The van der Waals surface area contributed by atoms with Crippen LogP contribution in [0.25, 0.3) is 5.57 Å². The molecule has 8 rings (SSSR count). The molecule has 0 aromatic heterocycles. The first kappa shape index (κ1) is 56.0.